The Morgan fingerprint density at radius 3 is 2.42 bits per heavy atom. The highest BCUT2D eigenvalue weighted by molar-refractivity contribution is 5.87. The first-order chi connectivity index (χ1) is 8.94. The van der Waals surface area contributed by atoms with E-state index in [2.05, 4.69) is 5.32 Å². The maximum Gasteiger partial charge on any atom is 0.319 e. The molecular weight excluding hydrogens is 252 g/mol. The molecule has 2 atom stereocenters. The molecule has 3 nitrogen and oxygen atoms in total. The van der Waals surface area contributed by atoms with E-state index in [1.54, 1.807) is 6.92 Å². The topological polar surface area (TPSA) is 38.3 Å². The van der Waals surface area contributed by atoms with Gasteiger partial charge in [-0.15, -0.1) is 0 Å². The van der Waals surface area contributed by atoms with Crippen molar-refractivity contribution in [2.24, 2.45) is 0 Å². The minimum Gasteiger partial charge on any atom is -0.465 e. The summed E-state index contributed by atoms with van der Waals surface area (Å²) in [6.45, 7) is 5.64. The lowest BCUT2D eigenvalue weighted by molar-refractivity contribution is -0.157. The van der Waals surface area contributed by atoms with Crippen LogP contribution in [0.2, 0.25) is 0 Å². The highest BCUT2D eigenvalue weighted by Crippen LogP contribution is 2.41. The summed E-state index contributed by atoms with van der Waals surface area (Å²) in [4.78, 5) is 12.3. The van der Waals surface area contributed by atoms with E-state index >= 15 is 0 Å². The molecule has 104 valence electrons. The van der Waals surface area contributed by atoms with Crippen molar-refractivity contribution >= 4 is 5.97 Å². The first-order valence-corrected chi connectivity index (χ1v) is 6.33. The molecule has 1 aliphatic heterocycles. The minimum atomic E-state index is -0.954. The van der Waals surface area contributed by atoms with Gasteiger partial charge in [-0.25, -0.2) is 8.78 Å². The molecule has 19 heavy (non-hydrogen) atoms. The lowest BCUT2D eigenvalue weighted by atomic mass is 9.63. The molecule has 1 aliphatic rings. The first kappa shape index (κ1) is 13.9. The number of esters is 1. The van der Waals surface area contributed by atoms with Crippen LogP contribution < -0.4 is 5.32 Å². The number of benzene rings is 1. The summed E-state index contributed by atoms with van der Waals surface area (Å²) in [6, 6.07) is 3.20. The van der Waals surface area contributed by atoms with Crippen molar-refractivity contribution in [1.82, 2.24) is 5.32 Å². The number of hydrogen-bond acceptors (Lipinski definition) is 3. The van der Waals surface area contributed by atoms with Crippen molar-refractivity contribution in [1.29, 1.82) is 0 Å². The van der Waals surface area contributed by atoms with Crippen molar-refractivity contribution in [3.63, 3.8) is 0 Å². The van der Waals surface area contributed by atoms with E-state index in [-0.39, 0.29) is 18.7 Å². The lowest BCUT2D eigenvalue weighted by Gasteiger charge is -2.52. The van der Waals surface area contributed by atoms with Gasteiger partial charge in [-0.05, 0) is 38.5 Å². The van der Waals surface area contributed by atoms with E-state index in [0.29, 0.717) is 5.56 Å². The second-order valence-electron chi connectivity index (χ2n) is 4.83. The Hall–Kier alpha value is -1.49. The molecule has 2 rings (SSSR count). The second kappa shape index (κ2) is 4.89. The zero-order valence-corrected chi connectivity index (χ0v) is 11.2. The Kier molecular flexibility index (Phi) is 3.58. The standard InChI is InChI=1S/C14H17F2NO2/c1-4-19-13(18)14(8(2)17-9(14)3)10-5-6-11(15)12(16)7-10/h5-9,17H,4H2,1-3H3. The molecule has 1 aromatic rings. The van der Waals surface area contributed by atoms with Crippen molar-refractivity contribution in [2.75, 3.05) is 6.61 Å². The maximum absolute atomic E-state index is 13.4. The van der Waals surface area contributed by atoms with Crippen LogP contribution in [0.1, 0.15) is 26.3 Å². The third-order valence-electron chi connectivity index (χ3n) is 3.88. The van der Waals surface area contributed by atoms with Crippen molar-refractivity contribution < 1.29 is 18.3 Å². The highest BCUT2D eigenvalue weighted by atomic mass is 19.2. The van der Waals surface area contributed by atoms with Crippen LogP contribution in [0.5, 0.6) is 0 Å². The van der Waals surface area contributed by atoms with Crippen LogP contribution in [0.15, 0.2) is 18.2 Å². The van der Waals surface area contributed by atoms with Crippen LogP contribution in [0, 0.1) is 11.6 Å². The Bertz CT molecular complexity index is 496. The van der Waals surface area contributed by atoms with Crippen LogP contribution in [-0.4, -0.2) is 24.7 Å². The van der Waals surface area contributed by atoms with E-state index in [0.717, 1.165) is 12.1 Å². The summed E-state index contributed by atoms with van der Waals surface area (Å²) in [5, 5.41) is 3.15. The molecule has 0 radical (unpaired) electrons. The molecule has 0 spiro atoms. The fourth-order valence-corrected chi connectivity index (χ4v) is 2.89. The van der Waals surface area contributed by atoms with E-state index in [1.165, 1.54) is 6.07 Å². The van der Waals surface area contributed by atoms with Gasteiger partial charge in [-0.2, -0.15) is 0 Å². The Labute approximate surface area is 111 Å². The Balaban J connectivity index is 2.49. The van der Waals surface area contributed by atoms with Crippen molar-refractivity contribution in [2.45, 2.75) is 38.3 Å². The molecule has 0 aromatic heterocycles. The van der Waals surface area contributed by atoms with Gasteiger partial charge >= 0.3 is 5.97 Å². The molecule has 0 bridgehead atoms. The number of carbonyl (C=O) groups excluding carboxylic acids is 1. The fourth-order valence-electron chi connectivity index (χ4n) is 2.89. The quantitative estimate of drug-likeness (QED) is 0.854. The summed E-state index contributed by atoms with van der Waals surface area (Å²) < 4.78 is 31.6. The zero-order valence-electron chi connectivity index (χ0n) is 11.2. The van der Waals surface area contributed by atoms with Crippen LogP contribution in [0.4, 0.5) is 8.78 Å². The number of ether oxygens (including phenoxy) is 1. The molecular formula is C14H17F2NO2. The number of halogens is 2. The predicted molar refractivity (Wildman–Crippen MR) is 66.7 cm³/mol. The van der Waals surface area contributed by atoms with Gasteiger partial charge in [0.2, 0.25) is 0 Å². The molecule has 2 unspecified atom stereocenters. The van der Waals surface area contributed by atoms with Gasteiger partial charge in [0, 0.05) is 12.1 Å². The van der Waals surface area contributed by atoms with Crippen LogP contribution in [0.3, 0.4) is 0 Å². The number of carbonyl (C=O) groups is 1. The summed E-state index contributed by atoms with van der Waals surface area (Å²) in [5.41, 5.74) is -0.506. The largest absolute Gasteiger partial charge is 0.465 e. The van der Waals surface area contributed by atoms with Crippen LogP contribution in [0.25, 0.3) is 0 Å². The molecule has 0 saturated carbocycles. The first-order valence-electron chi connectivity index (χ1n) is 6.33. The van der Waals surface area contributed by atoms with Gasteiger partial charge in [0.05, 0.1) is 6.61 Å². The number of hydrogen-bond donors (Lipinski definition) is 1. The van der Waals surface area contributed by atoms with E-state index in [1.807, 2.05) is 13.8 Å². The van der Waals surface area contributed by atoms with Gasteiger partial charge in [0.15, 0.2) is 11.6 Å². The lowest BCUT2D eigenvalue weighted by Crippen LogP contribution is -2.74. The average molecular weight is 269 g/mol. The predicted octanol–water partition coefficient (Wildman–Crippen LogP) is 2.15. The highest BCUT2D eigenvalue weighted by Gasteiger charge is 2.58. The zero-order chi connectivity index (χ0) is 14.2. The van der Waals surface area contributed by atoms with E-state index in [4.69, 9.17) is 4.74 Å². The molecule has 0 amide bonds. The number of nitrogens with one attached hydrogen (secondary N) is 1. The van der Waals surface area contributed by atoms with Gasteiger partial charge in [-0.1, -0.05) is 6.07 Å². The molecule has 1 aromatic carbocycles. The third-order valence-corrected chi connectivity index (χ3v) is 3.88. The molecule has 1 heterocycles. The van der Waals surface area contributed by atoms with Crippen LogP contribution >= 0.6 is 0 Å². The summed E-state index contributed by atoms with van der Waals surface area (Å²) in [6.07, 6.45) is 0. The van der Waals surface area contributed by atoms with Gasteiger partial charge < -0.3 is 10.1 Å². The summed E-state index contributed by atoms with van der Waals surface area (Å²) in [7, 11) is 0. The Morgan fingerprint density at radius 2 is 1.95 bits per heavy atom. The summed E-state index contributed by atoms with van der Waals surface area (Å²) in [5.74, 6) is -2.28. The monoisotopic (exact) mass is 269 g/mol. The molecule has 1 fully saturated rings. The second-order valence-corrected chi connectivity index (χ2v) is 4.83. The van der Waals surface area contributed by atoms with E-state index in [9.17, 15) is 13.6 Å². The van der Waals surface area contributed by atoms with Gasteiger partial charge in [0.25, 0.3) is 0 Å². The minimum absolute atomic E-state index is 0.189. The van der Waals surface area contributed by atoms with Crippen molar-refractivity contribution in [3.05, 3.63) is 35.4 Å². The molecule has 1 saturated heterocycles. The van der Waals surface area contributed by atoms with Gasteiger partial charge in [-0.3, -0.25) is 4.79 Å². The maximum atomic E-state index is 13.4. The van der Waals surface area contributed by atoms with Crippen LogP contribution in [-0.2, 0) is 14.9 Å². The van der Waals surface area contributed by atoms with E-state index < -0.39 is 23.0 Å². The fraction of sp³-hybridized carbons (Fsp3) is 0.500. The third kappa shape index (κ3) is 1.92. The van der Waals surface area contributed by atoms with Crippen molar-refractivity contribution in [3.8, 4) is 0 Å². The summed E-state index contributed by atoms with van der Waals surface area (Å²) >= 11 is 0. The Morgan fingerprint density at radius 1 is 1.32 bits per heavy atom. The number of rotatable bonds is 3. The average Bonchev–Trinajstić information content (AvgIpc) is 2.34. The van der Waals surface area contributed by atoms with Gasteiger partial charge in [0.1, 0.15) is 5.41 Å². The normalized spacial score (nSPS) is 29.7. The molecule has 0 aliphatic carbocycles. The smallest absolute Gasteiger partial charge is 0.319 e. The molecule has 5 heteroatoms. The molecule has 1 N–H and O–H groups in total. The SMILES string of the molecule is CCOC(=O)C1(c2ccc(F)c(F)c2)C(C)NC1C.